The normalized spacial score (nSPS) is 11.3. The fourth-order valence-electron chi connectivity index (χ4n) is 3.63. The van der Waals surface area contributed by atoms with Crippen molar-refractivity contribution >= 4 is 5.91 Å². The largest absolute Gasteiger partial charge is 0.416 e. The van der Waals surface area contributed by atoms with Gasteiger partial charge in [0.25, 0.3) is 5.91 Å². The molecule has 0 spiro atoms. The van der Waals surface area contributed by atoms with Crippen molar-refractivity contribution in [1.82, 2.24) is 25.5 Å². The summed E-state index contributed by atoms with van der Waals surface area (Å²) in [7, 11) is 0. The van der Waals surface area contributed by atoms with Crippen LogP contribution in [0.15, 0.2) is 95.9 Å². The summed E-state index contributed by atoms with van der Waals surface area (Å²) >= 11 is 0. The molecular weight excluding hydrogens is 483 g/mol. The minimum Gasteiger partial charge on any atom is -0.416 e. The predicted octanol–water partition coefficient (Wildman–Crippen LogP) is 5.81. The molecule has 1 N–H and O–H groups in total. The molecule has 0 bridgehead atoms. The Morgan fingerprint density at radius 2 is 1.41 bits per heavy atom. The number of carbonyl (C=O) groups excluding carboxylic acids is 1. The summed E-state index contributed by atoms with van der Waals surface area (Å²) in [6.07, 6.45) is 0.468. The number of aromatic nitrogens is 4. The number of hydrogen-bond donors (Lipinski definition) is 1. The quantitative estimate of drug-likeness (QED) is 0.316. The van der Waals surface area contributed by atoms with E-state index >= 15 is 0 Å². The fourth-order valence-corrected chi connectivity index (χ4v) is 3.63. The van der Waals surface area contributed by atoms with Crippen LogP contribution >= 0.6 is 0 Å². The molecule has 0 saturated carbocycles. The summed E-state index contributed by atoms with van der Waals surface area (Å²) < 4.78 is 44.1. The first-order valence-corrected chi connectivity index (χ1v) is 11.1. The van der Waals surface area contributed by atoms with E-state index in [1.807, 2.05) is 24.3 Å². The Morgan fingerprint density at radius 1 is 0.784 bits per heavy atom. The molecule has 0 aliphatic carbocycles. The molecular formula is C27H18F3N5O2. The van der Waals surface area contributed by atoms with Crippen LogP contribution in [-0.4, -0.2) is 26.1 Å². The lowest BCUT2D eigenvalue weighted by atomic mass is 10.1. The van der Waals surface area contributed by atoms with Crippen molar-refractivity contribution in [3.05, 3.63) is 108 Å². The smallest absolute Gasteiger partial charge is 0.416 e. The van der Waals surface area contributed by atoms with Gasteiger partial charge in [-0.25, -0.2) is 9.97 Å². The maximum atomic E-state index is 12.7. The molecule has 0 atom stereocenters. The van der Waals surface area contributed by atoms with E-state index in [2.05, 4.69) is 25.5 Å². The average molecular weight is 501 g/mol. The second-order valence-electron chi connectivity index (χ2n) is 8.08. The number of nitrogens with one attached hydrogen (secondary N) is 1. The second kappa shape index (κ2) is 10.0. The van der Waals surface area contributed by atoms with Gasteiger partial charge in [0, 0.05) is 41.2 Å². The van der Waals surface area contributed by atoms with E-state index in [4.69, 9.17) is 4.42 Å². The molecule has 0 aliphatic heterocycles. The highest BCUT2D eigenvalue weighted by Crippen LogP contribution is 2.29. The molecule has 2 aromatic heterocycles. The highest BCUT2D eigenvalue weighted by atomic mass is 19.4. The summed E-state index contributed by atoms with van der Waals surface area (Å²) in [5, 5.41) is 11.0. The van der Waals surface area contributed by atoms with Gasteiger partial charge < -0.3 is 9.73 Å². The number of benzene rings is 3. The topological polar surface area (TPSA) is 93.8 Å². The molecule has 1 amide bonds. The molecule has 5 aromatic rings. The number of nitrogens with zero attached hydrogens (tertiary/aromatic N) is 4. The van der Waals surface area contributed by atoms with Gasteiger partial charge in [-0.05, 0) is 53.6 Å². The van der Waals surface area contributed by atoms with Gasteiger partial charge in [-0.15, -0.1) is 10.2 Å². The lowest BCUT2D eigenvalue weighted by Gasteiger charge is -2.09. The van der Waals surface area contributed by atoms with Crippen LogP contribution in [0.5, 0.6) is 0 Å². The third kappa shape index (κ3) is 5.53. The number of hydrogen-bond acceptors (Lipinski definition) is 6. The standard InChI is InChI=1S/C27H18F3N5O2/c28-27(29,30)23-9-7-17(8-10-23)13-33-24(36)19-4-2-6-21(12-19)26-35-34-25(37-26)20-5-1-3-18(11-20)22-14-31-16-32-15-22/h1-12,14-16H,13H2,(H,33,36). The summed E-state index contributed by atoms with van der Waals surface area (Å²) in [5.74, 6) is 0.158. The maximum absolute atomic E-state index is 12.7. The van der Waals surface area contributed by atoms with Crippen LogP contribution in [0.25, 0.3) is 34.0 Å². The first-order chi connectivity index (χ1) is 17.9. The molecule has 3 aromatic carbocycles. The molecule has 7 nitrogen and oxygen atoms in total. The molecule has 0 unspecified atom stereocenters. The number of amides is 1. The first kappa shape index (κ1) is 23.9. The van der Waals surface area contributed by atoms with Crippen LogP contribution in [0.4, 0.5) is 13.2 Å². The molecule has 184 valence electrons. The molecule has 0 saturated heterocycles. The predicted molar refractivity (Wildman–Crippen MR) is 129 cm³/mol. The Bertz CT molecular complexity index is 1530. The van der Waals surface area contributed by atoms with Gasteiger partial charge in [0.1, 0.15) is 6.33 Å². The van der Waals surface area contributed by atoms with Gasteiger partial charge >= 0.3 is 6.18 Å². The van der Waals surface area contributed by atoms with E-state index in [0.717, 1.165) is 23.3 Å². The SMILES string of the molecule is O=C(NCc1ccc(C(F)(F)F)cc1)c1cccc(-c2nnc(-c3cccc(-c4cncnc4)c3)o2)c1. The first-order valence-electron chi connectivity index (χ1n) is 11.1. The summed E-state index contributed by atoms with van der Waals surface area (Å²) in [6, 6.07) is 18.8. The van der Waals surface area contributed by atoms with Gasteiger partial charge in [-0.1, -0.05) is 30.3 Å². The van der Waals surface area contributed by atoms with Crippen molar-refractivity contribution in [2.24, 2.45) is 0 Å². The van der Waals surface area contributed by atoms with E-state index in [-0.39, 0.29) is 18.3 Å². The molecule has 0 aliphatic rings. The van der Waals surface area contributed by atoms with Crippen LogP contribution < -0.4 is 5.32 Å². The number of halogens is 3. The number of carbonyl (C=O) groups is 1. The molecule has 37 heavy (non-hydrogen) atoms. The van der Waals surface area contributed by atoms with E-state index in [1.165, 1.54) is 18.5 Å². The van der Waals surface area contributed by atoms with Crippen molar-refractivity contribution in [3.63, 3.8) is 0 Å². The van der Waals surface area contributed by atoms with Gasteiger partial charge in [0.2, 0.25) is 11.8 Å². The fraction of sp³-hybridized carbons (Fsp3) is 0.0741. The zero-order chi connectivity index (χ0) is 25.8. The minimum atomic E-state index is -4.41. The van der Waals surface area contributed by atoms with Gasteiger partial charge in [-0.3, -0.25) is 4.79 Å². The Balaban J connectivity index is 1.29. The average Bonchev–Trinajstić information content (AvgIpc) is 3.43. The third-order valence-electron chi connectivity index (χ3n) is 5.53. The van der Waals surface area contributed by atoms with Crippen LogP contribution in [0, 0.1) is 0 Å². The number of alkyl halides is 3. The van der Waals surface area contributed by atoms with Crippen molar-refractivity contribution in [3.8, 4) is 34.0 Å². The van der Waals surface area contributed by atoms with Crippen molar-refractivity contribution < 1.29 is 22.4 Å². The van der Waals surface area contributed by atoms with Crippen LogP contribution in [-0.2, 0) is 12.7 Å². The minimum absolute atomic E-state index is 0.0781. The Kier molecular flexibility index (Phi) is 6.46. The van der Waals surface area contributed by atoms with Crippen molar-refractivity contribution in [2.45, 2.75) is 12.7 Å². The van der Waals surface area contributed by atoms with E-state index in [9.17, 15) is 18.0 Å². The highest BCUT2D eigenvalue weighted by Gasteiger charge is 2.29. The van der Waals surface area contributed by atoms with E-state index in [0.29, 0.717) is 28.1 Å². The molecule has 0 fully saturated rings. The van der Waals surface area contributed by atoms with Gasteiger partial charge in [0.15, 0.2) is 0 Å². The Labute approximate surface area is 209 Å². The highest BCUT2D eigenvalue weighted by molar-refractivity contribution is 5.95. The number of rotatable bonds is 6. The summed E-state index contributed by atoms with van der Waals surface area (Å²) in [6.45, 7) is 0.0781. The van der Waals surface area contributed by atoms with Crippen molar-refractivity contribution in [1.29, 1.82) is 0 Å². The van der Waals surface area contributed by atoms with Crippen LogP contribution in [0.2, 0.25) is 0 Å². The monoisotopic (exact) mass is 501 g/mol. The van der Waals surface area contributed by atoms with Crippen LogP contribution in [0.3, 0.4) is 0 Å². The van der Waals surface area contributed by atoms with Crippen LogP contribution in [0.1, 0.15) is 21.5 Å². The zero-order valence-electron chi connectivity index (χ0n) is 19.1. The Hall–Kier alpha value is -4.86. The molecule has 10 heteroatoms. The third-order valence-corrected chi connectivity index (χ3v) is 5.53. The lowest BCUT2D eigenvalue weighted by Crippen LogP contribution is -2.22. The van der Waals surface area contributed by atoms with Crippen molar-refractivity contribution in [2.75, 3.05) is 0 Å². The molecule has 0 radical (unpaired) electrons. The summed E-state index contributed by atoms with van der Waals surface area (Å²) in [5.41, 5.74) is 3.15. The molecule has 5 rings (SSSR count). The van der Waals surface area contributed by atoms with E-state index in [1.54, 1.807) is 36.7 Å². The molecule has 2 heterocycles. The van der Waals surface area contributed by atoms with Gasteiger partial charge in [0.05, 0.1) is 5.56 Å². The van der Waals surface area contributed by atoms with E-state index < -0.39 is 11.7 Å². The summed E-state index contributed by atoms with van der Waals surface area (Å²) in [4.78, 5) is 20.7. The second-order valence-corrected chi connectivity index (χ2v) is 8.08. The Morgan fingerprint density at radius 3 is 2.08 bits per heavy atom. The maximum Gasteiger partial charge on any atom is 0.416 e. The van der Waals surface area contributed by atoms with Gasteiger partial charge in [-0.2, -0.15) is 13.2 Å². The zero-order valence-corrected chi connectivity index (χ0v) is 19.1. The lowest BCUT2D eigenvalue weighted by molar-refractivity contribution is -0.137.